The van der Waals surface area contributed by atoms with Gasteiger partial charge in [0.15, 0.2) is 0 Å². The average Bonchev–Trinajstić information content (AvgIpc) is 3.02. The van der Waals surface area contributed by atoms with Crippen molar-refractivity contribution in [2.24, 2.45) is 0 Å². The van der Waals surface area contributed by atoms with E-state index in [1.165, 1.54) is 23.8 Å². The minimum absolute atomic E-state index is 0.273. The number of morpholine rings is 1. The normalized spacial score (nSPS) is 24.6. The van der Waals surface area contributed by atoms with Gasteiger partial charge in [-0.1, -0.05) is 31.0 Å². The predicted molar refractivity (Wildman–Crippen MR) is 90.3 cm³/mol. The van der Waals surface area contributed by atoms with Crippen LogP contribution in [-0.4, -0.2) is 41.1 Å². The first-order valence-corrected chi connectivity index (χ1v) is 8.79. The number of hydrogen-bond acceptors (Lipinski definition) is 2. The van der Waals surface area contributed by atoms with Gasteiger partial charge in [0.25, 0.3) is 0 Å². The molecule has 4 nitrogen and oxygen atoms in total. The highest BCUT2D eigenvalue weighted by atomic mass is 16.5. The standard InChI is InChI=1S/C19H24N2O2/c22-19(21-11-12-23-18-8-4-3-7-17(18)21)10-9-14-13-20-16-6-2-1-5-15(14)16/h1-2,5-6,13,17-18,20H,3-4,7-12H2. The van der Waals surface area contributed by atoms with E-state index in [-0.39, 0.29) is 12.0 Å². The van der Waals surface area contributed by atoms with Crippen LogP contribution in [0.3, 0.4) is 0 Å². The molecule has 4 heteroatoms. The predicted octanol–water partition coefficient (Wildman–Crippen LogP) is 3.27. The third kappa shape index (κ3) is 2.88. The maximum atomic E-state index is 12.7. The van der Waals surface area contributed by atoms with Crippen molar-refractivity contribution in [3.63, 3.8) is 0 Å². The molecule has 1 saturated carbocycles. The molecule has 0 radical (unpaired) electrons. The Balaban J connectivity index is 1.43. The first-order chi connectivity index (χ1) is 11.3. The van der Waals surface area contributed by atoms with Crippen LogP contribution in [0.15, 0.2) is 30.5 Å². The number of aromatic amines is 1. The molecule has 1 aliphatic heterocycles. The average molecular weight is 312 g/mol. The molecule has 1 aliphatic carbocycles. The molecule has 2 unspecified atom stereocenters. The number of aromatic nitrogens is 1. The zero-order chi connectivity index (χ0) is 15.6. The van der Waals surface area contributed by atoms with Gasteiger partial charge in [-0.2, -0.15) is 0 Å². The Hall–Kier alpha value is -1.81. The summed E-state index contributed by atoms with van der Waals surface area (Å²) in [6, 6.07) is 8.60. The molecule has 2 atom stereocenters. The second-order valence-electron chi connectivity index (χ2n) is 6.71. The van der Waals surface area contributed by atoms with Gasteiger partial charge in [0.1, 0.15) is 0 Å². The Labute approximate surface area is 136 Å². The van der Waals surface area contributed by atoms with E-state index in [9.17, 15) is 4.79 Å². The number of amides is 1. The van der Waals surface area contributed by atoms with Gasteiger partial charge >= 0.3 is 0 Å². The lowest BCUT2D eigenvalue weighted by molar-refractivity contribution is -0.149. The molecule has 2 heterocycles. The van der Waals surface area contributed by atoms with Crippen molar-refractivity contribution in [3.05, 3.63) is 36.0 Å². The van der Waals surface area contributed by atoms with E-state index >= 15 is 0 Å². The number of nitrogens with one attached hydrogen (secondary N) is 1. The van der Waals surface area contributed by atoms with E-state index in [1.54, 1.807) is 0 Å². The topological polar surface area (TPSA) is 45.3 Å². The second-order valence-corrected chi connectivity index (χ2v) is 6.71. The fourth-order valence-corrected chi connectivity index (χ4v) is 4.13. The summed E-state index contributed by atoms with van der Waals surface area (Å²) in [5, 5.41) is 1.23. The smallest absolute Gasteiger partial charge is 0.223 e. The molecule has 2 aromatic rings. The summed E-state index contributed by atoms with van der Waals surface area (Å²) in [6.45, 7) is 1.45. The van der Waals surface area contributed by atoms with Gasteiger partial charge < -0.3 is 14.6 Å². The van der Waals surface area contributed by atoms with Gasteiger partial charge in [-0.05, 0) is 30.9 Å². The van der Waals surface area contributed by atoms with Crippen molar-refractivity contribution in [1.82, 2.24) is 9.88 Å². The van der Waals surface area contributed by atoms with Gasteiger partial charge in [-0.15, -0.1) is 0 Å². The Morgan fingerprint density at radius 1 is 1.26 bits per heavy atom. The molecule has 122 valence electrons. The highest BCUT2D eigenvalue weighted by Crippen LogP contribution is 2.29. The molecule has 1 N–H and O–H groups in total. The highest BCUT2D eigenvalue weighted by Gasteiger charge is 2.36. The summed E-state index contributed by atoms with van der Waals surface area (Å²) >= 11 is 0. The molecule has 1 aromatic carbocycles. The SMILES string of the molecule is O=C(CCc1c[nH]c2ccccc12)N1CCOC2CCCCC21. The van der Waals surface area contributed by atoms with Gasteiger partial charge in [0, 0.05) is 30.1 Å². The lowest BCUT2D eigenvalue weighted by atomic mass is 9.90. The van der Waals surface area contributed by atoms with Crippen molar-refractivity contribution in [2.45, 2.75) is 50.7 Å². The second kappa shape index (κ2) is 6.36. The van der Waals surface area contributed by atoms with E-state index in [4.69, 9.17) is 4.74 Å². The van der Waals surface area contributed by atoms with Crippen LogP contribution in [0.1, 0.15) is 37.7 Å². The van der Waals surface area contributed by atoms with Crippen LogP contribution in [0.4, 0.5) is 0 Å². The van der Waals surface area contributed by atoms with Gasteiger partial charge in [0.2, 0.25) is 5.91 Å². The number of hydrogen-bond donors (Lipinski definition) is 1. The minimum atomic E-state index is 0.273. The van der Waals surface area contributed by atoms with E-state index in [2.05, 4.69) is 28.1 Å². The summed E-state index contributed by atoms with van der Waals surface area (Å²) in [7, 11) is 0. The summed E-state index contributed by atoms with van der Waals surface area (Å²) in [4.78, 5) is 18.1. The van der Waals surface area contributed by atoms with Crippen LogP contribution >= 0.6 is 0 Å². The largest absolute Gasteiger partial charge is 0.374 e. The fraction of sp³-hybridized carbons (Fsp3) is 0.526. The number of rotatable bonds is 3. The Morgan fingerprint density at radius 3 is 3.09 bits per heavy atom. The first kappa shape index (κ1) is 14.8. The lowest BCUT2D eigenvalue weighted by Gasteiger charge is -2.43. The number of ether oxygens (including phenoxy) is 1. The van der Waals surface area contributed by atoms with Crippen molar-refractivity contribution in [3.8, 4) is 0 Å². The molecule has 0 bridgehead atoms. The van der Waals surface area contributed by atoms with Crippen LogP contribution in [0.2, 0.25) is 0 Å². The van der Waals surface area contributed by atoms with Gasteiger partial charge in [-0.25, -0.2) is 0 Å². The highest BCUT2D eigenvalue weighted by molar-refractivity contribution is 5.84. The number of aryl methyl sites for hydroxylation is 1. The molecule has 1 amide bonds. The quantitative estimate of drug-likeness (QED) is 0.945. The zero-order valence-electron chi connectivity index (χ0n) is 13.5. The molecule has 1 aromatic heterocycles. The maximum absolute atomic E-state index is 12.7. The van der Waals surface area contributed by atoms with Crippen LogP contribution < -0.4 is 0 Å². The van der Waals surface area contributed by atoms with Crippen LogP contribution in [-0.2, 0) is 16.0 Å². The number of carbonyl (C=O) groups excluding carboxylic acids is 1. The van der Waals surface area contributed by atoms with E-state index in [0.29, 0.717) is 19.1 Å². The number of nitrogens with zero attached hydrogens (tertiary/aromatic N) is 1. The lowest BCUT2D eigenvalue weighted by Crippen LogP contribution is -2.54. The van der Waals surface area contributed by atoms with Crippen molar-refractivity contribution < 1.29 is 9.53 Å². The molecule has 2 aliphatic rings. The molecular weight excluding hydrogens is 288 g/mol. The van der Waals surface area contributed by atoms with Crippen molar-refractivity contribution in [2.75, 3.05) is 13.2 Å². The number of benzene rings is 1. The summed E-state index contributed by atoms with van der Waals surface area (Å²) < 4.78 is 5.87. The van der Waals surface area contributed by atoms with Gasteiger partial charge in [0.05, 0.1) is 18.8 Å². The van der Waals surface area contributed by atoms with Crippen LogP contribution in [0.25, 0.3) is 10.9 Å². The molecule has 4 rings (SSSR count). The van der Waals surface area contributed by atoms with Crippen LogP contribution in [0, 0.1) is 0 Å². The molecule has 0 spiro atoms. The summed E-state index contributed by atoms with van der Waals surface area (Å²) in [6.07, 6.45) is 8.37. The van der Waals surface area contributed by atoms with E-state index in [0.717, 1.165) is 31.3 Å². The first-order valence-electron chi connectivity index (χ1n) is 8.79. The Bertz CT molecular complexity index is 691. The van der Waals surface area contributed by atoms with E-state index in [1.807, 2.05) is 12.3 Å². The number of para-hydroxylation sites is 1. The molecule has 2 fully saturated rings. The van der Waals surface area contributed by atoms with Gasteiger partial charge in [-0.3, -0.25) is 4.79 Å². The monoisotopic (exact) mass is 312 g/mol. The molecule has 23 heavy (non-hydrogen) atoms. The third-order valence-corrected chi connectivity index (χ3v) is 5.34. The zero-order valence-corrected chi connectivity index (χ0v) is 13.5. The number of carbonyl (C=O) groups is 1. The Kier molecular flexibility index (Phi) is 4.08. The Morgan fingerprint density at radius 2 is 2.13 bits per heavy atom. The number of H-pyrrole nitrogens is 1. The van der Waals surface area contributed by atoms with Crippen molar-refractivity contribution in [1.29, 1.82) is 0 Å². The minimum Gasteiger partial charge on any atom is -0.374 e. The van der Waals surface area contributed by atoms with Crippen LogP contribution in [0.5, 0.6) is 0 Å². The summed E-state index contributed by atoms with van der Waals surface area (Å²) in [5.74, 6) is 0.287. The number of fused-ring (bicyclic) bond motifs is 2. The van der Waals surface area contributed by atoms with E-state index < -0.39 is 0 Å². The fourth-order valence-electron chi connectivity index (χ4n) is 4.13. The molecular formula is C19H24N2O2. The maximum Gasteiger partial charge on any atom is 0.223 e. The summed E-state index contributed by atoms with van der Waals surface area (Å²) in [5.41, 5.74) is 2.39. The molecule has 1 saturated heterocycles. The third-order valence-electron chi connectivity index (χ3n) is 5.34. The van der Waals surface area contributed by atoms with Crippen molar-refractivity contribution >= 4 is 16.8 Å².